The molecule has 0 saturated carbocycles. The van der Waals surface area contributed by atoms with E-state index >= 15 is 0 Å². The number of ether oxygens (including phenoxy) is 1. The van der Waals surface area contributed by atoms with Crippen LogP contribution in [0.3, 0.4) is 0 Å². The van der Waals surface area contributed by atoms with E-state index in [9.17, 15) is 8.42 Å². The summed E-state index contributed by atoms with van der Waals surface area (Å²) in [6.45, 7) is 3.15. The highest BCUT2D eigenvalue weighted by molar-refractivity contribution is 7.89. The maximum absolute atomic E-state index is 12.2. The van der Waals surface area contributed by atoms with Crippen LogP contribution in [-0.2, 0) is 21.3 Å². The highest BCUT2D eigenvalue weighted by atomic mass is 32.2. The number of morpholine rings is 1. The van der Waals surface area contributed by atoms with Gasteiger partial charge in [0.15, 0.2) is 0 Å². The first-order valence-corrected chi connectivity index (χ1v) is 7.65. The maximum atomic E-state index is 12.2. The molecule has 1 aromatic carbocycles. The molecule has 0 atom stereocenters. The normalized spacial score (nSPS) is 22.5. The fourth-order valence-electron chi connectivity index (χ4n) is 2.57. The summed E-state index contributed by atoms with van der Waals surface area (Å²) < 4.78 is 31.0. The smallest absolute Gasteiger partial charge is 0.243 e. The number of fused-ring (bicyclic) bond motifs is 1. The van der Waals surface area contributed by atoms with Crippen LogP contribution in [0.4, 0.5) is 11.4 Å². The van der Waals surface area contributed by atoms with Crippen molar-refractivity contribution >= 4 is 21.4 Å². The third kappa shape index (κ3) is 1.98. The Morgan fingerprint density at radius 3 is 2.63 bits per heavy atom. The third-order valence-electron chi connectivity index (χ3n) is 3.64. The molecule has 0 bridgehead atoms. The van der Waals surface area contributed by atoms with E-state index in [0.29, 0.717) is 30.3 Å². The first kappa shape index (κ1) is 12.7. The summed E-state index contributed by atoms with van der Waals surface area (Å²) in [5.41, 5.74) is 8.26. The van der Waals surface area contributed by atoms with E-state index in [4.69, 9.17) is 10.5 Å². The van der Waals surface area contributed by atoms with E-state index in [1.165, 1.54) is 4.31 Å². The number of hydrogen-bond donors (Lipinski definition) is 1. The van der Waals surface area contributed by atoms with Crippen molar-refractivity contribution in [3.63, 3.8) is 0 Å². The average Bonchev–Trinajstić information content (AvgIpc) is 2.60. The molecule has 0 radical (unpaired) electrons. The summed E-state index contributed by atoms with van der Waals surface area (Å²) in [5.74, 6) is 0. The molecule has 2 heterocycles. The van der Waals surface area contributed by atoms with Crippen LogP contribution < -0.4 is 10.6 Å². The summed E-state index contributed by atoms with van der Waals surface area (Å²) >= 11 is 0. The maximum Gasteiger partial charge on any atom is 0.243 e. The lowest BCUT2D eigenvalue weighted by Crippen LogP contribution is -2.36. The molecule has 0 aromatic heterocycles. The Morgan fingerprint density at radius 1 is 1.26 bits per heavy atom. The van der Waals surface area contributed by atoms with Crippen molar-refractivity contribution in [2.75, 3.05) is 44.0 Å². The van der Waals surface area contributed by atoms with Crippen molar-refractivity contribution in [1.82, 2.24) is 4.31 Å². The molecule has 1 aromatic rings. The zero-order chi connectivity index (χ0) is 13.6. The minimum Gasteiger partial charge on any atom is -0.397 e. The monoisotopic (exact) mass is 283 g/mol. The predicted octanol–water partition coefficient (Wildman–Crippen LogP) is 0.240. The Bertz CT molecular complexity index is 609. The van der Waals surface area contributed by atoms with Gasteiger partial charge in [-0.3, -0.25) is 0 Å². The Morgan fingerprint density at radius 2 is 1.95 bits per heavy atom. The molecule has 6 nitrogen and oxygen atoms in total. The molecule has 1 saturated heterocycles. The second kappa shape index (κ2) is 4.36. The zero-order valence-corrected chi connectivity index (χ0v) is 11.6. The summed E-state index contributed by atoms with van der Waals surface area (Å²) in [6, 6.07) is 3.48. The highest BCUT2D eigenvalue weighted by Gasteiger charge is 2.33. The van der Waals surface area contributed by atoms with Crippen LogP contribution in [0.15, 0.2) is 17.0 Å². The Kier molecular flexibility index (Phi) is 2.92. The van der Waals surface area contributed by atoms with Crippen molar-refractivity contribution in [1.29, 1.82) is 0 Å². The topological polar surface area (TPSA) is 75.9 Å². The van der Waals surface area contributed by atoms with Gasteiger partial charge in [-0.05, 0) is 17.7 Å². The van der Waals surface area contributed by atoms with Crippen LogP contribution in [0.25, 0.3) is 0 Å². The number of sulfonamides is 1. The van der Waals surface area contributed by atoms with Crippen LogP contribution in [0.2, 0.25) is 0 Å². The largest absolute Gasteiger partial charge is 0.397 e. The lowest BCUT2D eigenvalue weighted by Gasteiger charge is -2.30. The number of nitrogens with zero attached hydrogens (tertiary/aromatic N) is 2. The summed E-state index contributed by atoms with van der Waals surface area (Å²) in [6.07, 6.45) is 0. The number of anilines is 2. The Balaban J connectivity index is 2.07. The molecule has 7 heteroatoms. The fraction of sp³-hybridized carbons (Fsp3) is 0.500. The van der Waals surface area contributed by atoms with E-state index in [-0.39, 0.29) is 0 Å². The quantitative estimate of drug-likeness (QED) is 0.747. The van der Waals surface area contributed by atoms with Gasteiger partial charge in [-0.2, -0.15) is 4.31 Å². The first-order valence-electron chi connectivity index (χ1n) is 6.21. The number of benzene rings is 1. The Hall–Kier alpha value is -1.31. The average molecular weight is 283 g/mol. The second-order valence-corrected chi connectivity index (χ2v) is 6.89. The molecule has 1 fully saturated rings. The molecular formula is C12H17N3O3S. The SMILES string of the molecule is CN1Cc2cc(N)c(N3CCOCC3)cc2S1(=O)=O. The van der Waals surface area contributed by atoms with Crippen LogP contribution >= 0.6 is 0 Å². The van der Waals surface area contributed by atoms with E-state index in [0.717, 1.165) is 24.3 Å². The molecule has 0 spiro atoms. The molecule has 2 aliphatic heterocycles. The van der Waals surface area contributed by atoms with Gasteiger partial charge in [0.1, 0.15) is 0 Å². The number of nitrogens with two attached hydrogens (primary N) is 1. The van der Waals surface area contributed by atoms with Crippen LogP contribution in [0, 0.1) is 0 Å². The lowest BCUT2D eigenvalue weighted by atomic mass is 10.1. The van der Waals surface area contributed by atoms with Gasteiger partial charge < -0.3 is 15.4 Å². The van der Waals surface area contributed by atoms with Gasteiger partial charge in [0, 0.05) is 26.7 Å². The standard InChI is InChI=1S/C12H17N3O3S/c1-14-8-9-6-10(13)11(7-12(9)19(14,16)17)15-2-4-18-5-3-15/h6-7H,2-5,8,13H2,1H3. The molecule has 2 aliphatic rings. The molecular weight excluding hydrogens is 266 g/mol. The summed E-state index contributed by atoms with van der Waals surface area (Å²) in [4.78, 5) is 2.46. The molecule has 0 unspecified atom stereocenters. The van der Waals surface area contributed by atoms with Crippen LogP contribution in [0.1, 0.15) is 5.56 Å². The first-order chi connectivity index (χ1) is 9.00. The summed E-state index contributed by atoms with van der Waals surface area (Å²) in [7, 11) is -1.76. The van der Waals surface area contributed by atoms with E-state index in [1.54, 1.807) is 19.2 Å². The van der Waals surface area contributed by atoms with Crippen LogP contribution in [-0.4, -0.2) is 46.1 Å². The van der Waals surface area contributed by atoms with Gasteiger partial charge in [0.05, 0.1) is 29.5 Å². The van der Waals surface area contributed by atoms with Crippen molar-refractivity contribution in [3.8, 4) is 0 Å². The number of nitrogen functional groups attached to an aromatic ring is 1. The predicted molar refractivity (Wildman–Crippen MR) is 72.5 cm³/mol. The van der Waals surface area contributed by atoms with Gasteiger partial charge in [-0.1, -0.05) is 0 Å². The van der Waals surface area contributed by atoms with E-state index in [1.807, 2.05) is 0 Å². The van der Waals surface area contributed by atoms with Crippen LogP contribution in [0.5, 0.6) is 0 Å². The molecule has 0 amide bonds. The van der Waals surface area contributed by atoms with Gasteiger partial charge in [0.25, 0.3) is 0 Å². The minimum atomic E-state index is -3.34. The molecule has 3 rings (SSSR count). The third-order valence-corrected chi connectivity index (χ3v) is 5.53. The fourth-order valence-corrected chi connectivity index (χ4v) is 3.93. The molecule has 0 aliphatic carbocycles. The number of hydrogen-bond acceptors (Lipinski definition) is 5. The van der Waals surface area contributed by atoms with E-state index in [2.05, 4.69) is 4.90 Å². The van der Waals surface area contributed by atoms with Crippen molar-refractivity contribution < 1.29 is 13.2 Å². The highest BCUT2D eigenvalue weighted by Crippen LogP contribution is 2.36. The molecule has 2 N–H and O–H groups in total. The second-order valence-electron chi connectivity index (χ2n) is 4.88. The van der Waals surface area contributed by atoms with Gasteiger partial charge in [-0.15, -0.1) is 0 Å². The van der Waals surface area contributed by atoms with Crippen molar-refractivity contribution in [3.05, 3.63) is 17.7 Å². The van der Waals surface area contributed by atoms with Crippen molar-refractivity contribution in [2.45, 2.75) is 11.4 Å². The molecule has 104 valence electrons. The van der Waals surface area contributed by atoms with Gasteiger partial charge in [0.2, 0.25) is 10.0 Å². The van der Waals surface area contributed by atoms with E-state index < -0.39 is 10.0 Å². The molecule has 19 heavy (non-hydrogen) atoms. The minimum absolute atomic E-state index is 0.380. The number of rotatable bonds is 1. The lowest BCUT2D eigenvalue weighted by molar-refractivity contribution is 0.123. The summed E-state index contributed by atoms with van der Waals surface area (Å²) in [5, 5.41) is 0. The Labute approximate surface area is 112 Å². The van der Waals surface area contributed by atoms with Crippen molar-refractivity contribution in [2.24, 2.45) is 0 Å². The van der Waals surface area contributed by atoms with Gasteiger partial charge in [-0.25, -0.2) is 8.42 Å². The van der Waals surface area contributed by atoms with Gasteiger partial charge >= 0.3 is 0 Å². The zero-order valence-electron chi connectivity index (χ0n) is 10.8.